The third-order valence-electron chi connectivity index (χ3n) is 3.45. The molecular formula is C14H15F3N2. The van der Waals surface area contributed by atoms with Crippen molar-refractivity contribution in [3.8, 4) is 6.07 Å². The molecule has 1 aromatic rings. The van der Waals surface area contributed by atoms with Crippen LogP contribution in [0.25, 0.3) is 0 Å². The number of hydrogen-bond donors (Lipinski definition) is 0. The molecule has 2 rings (SSSR count). The Labute approximate surface area is 110 Å². The maximum atomic E-state index is 12.9. The van der Waals surface area contributed by atoms with Gasteiger partial charge in [0.2, 0.25) is 0 Å². The van der Waals surface area contributed by atoms with Gasteiger partial charge in [-0.1, -0.05) is 6.92 Å². The van der Waals surface area contributed by atoms with Crippen molar-refractivity contribution in [3.05, 3.63) is 29.3 Å². The molecule has 19 heavy (non-hydrogen) atoms. The number of rotatable bonds is 1. The maximum absolute atomic E-state index is 12.9. The first-order valence-electron chi connectivity index (χ1n) is 6.28. The van der Waals surface area contributed by atoms with Gasteiger partial charge in [0.25, 0.3) is 0 Å². The predicted octanol–water partition coefficient (Wildman–Crippen LogP) is 3.81. The highest BCUT2D eigenvalue weighted by Crippen LogP contribution is 2.35. The third kappa shape index (κ3) is 3.01. The molecule has 0 amide bonds. The van der Waals surface area contributed by atoms with E-state index in [0.29, 0.717) is 11.6 Å². The molecule has 2 nitrogen and oxygen atoms in total. The number of benzene rings is 1. The first-order valence-corrected chi connectivity index (χ1v) is 6.28. The minimum atomic E-state index is -4.48. The number of nitriles is 1. The number of alkyl halides is 3. The van der Waals surface area contributed by atoms with Crippen molar-refractivity contribution in [1.29, 1.82) is 5.26 Å². The lowest BCUT2D eigenvalue weighted by Gasteiger charge is -2.33. The normalized spacial score (nSPS) is 20.2. The smallest absolute Gasteiger partial charge is 0.371 e. The van der Waals surface area contributed by atoms with E-state index in [4.69, 9.17) is 5.26 Å². The summed E-state index contributed by atoms with van der Waals surface area (Å²) in [6, 6.07) is 5.56. The zero-order valence-electron chi connectivity index (χ0n) is 10.7. The summed E-state index contributed by atoms with van der Waals surface area (Å²) >= 11 is 0. The van der Waals surface area contributed by atoms with Crippen LogP contribution in [0.3, 0.4) is 0 Å². The Bertz CT molecular complexity index is 502. The van der Waals surface area contributed by atoms with Crippen molar-refractivity contribution in [2.45, 2.75) is 25.9 Å². The average molecular weight is 268 g/mol. The molecule has 1 atom stereocenters. The summed E-state index contributed by atoms with van der Waals surface area (Å²) in [7, 11) is 0. The van der Waals surface area contributed by atoms with Crippen LogP contribution in [-0.2, 0) is 6.18 Å². The van der Waals surface area contributed by atoms with Crippen LogP contribution in [0, 0.1) is 17.2 Å². The summed E-state index contributed by atoms with van der Waals surface area (Å²) in [5, 5.41) is 8.76. The van der Waals surface area contributed by atoms with Gasteiger partial charge in [-0.25, -0.2) is 0 Å². The molecule has 0 radical (unpaired) electrons. The van der Waals surface area contributed by atoms with Gasteiger partial charge in [0, 0.05) is 18.8 Å². The van der Waals surface area contributed by atoms with Crippen molar-refractivity contribution >= 4 is 5.69 Å². The van der Waals surface area contributed by atoms with E-state index in [0.717, 1.165) is 32.0 Å². The van der Waals surface area contributed by atoms with Crippen LogP contribution in [0.5, 0.6) is 0 Å². The van der Waals surface area contributed by atoms with E-state index in [2.05, 4.69) is 6.92 Å². The third-order valence-corrected chi connectivity index (χ3v) is 3.45. The first kappa shape index (κ1) is 13.7. The fraction of sp³-hybridized carbons (Fsp3) is 0.500. The van der Waals surface area contributed by atoms with Gasteiger partial charge in [-0.05, 0) is 37.0 Å². The lowest BCUT2D eigenvalue weighted by Crippen LogP contribution is -2.34. The highest BCUT2D eigenvalue weighted by Gasteiger charge is 2.34. The average Bonchev–Trinajstić information content (AvgIpc) is 2.37. The Morgan fingerprint density at radius 1 is 1.37 bits per heavy atom. The second kappa shape index (κ2) is 5.12. The number of piperidine rings is 1. The summed E-state index contributed by atoms with van der Waals surface area (Å²) in [4.78, 5) is 1.96. The molecule has 0 saturated carbocycles. The van der Waals surface area contributed by atoms with Gasteiger partial charge in [-0.15, -0.1) is 0 Å². The molecule has 1 aliphatic rings. The molecule has 1 saturated heterocycles. The maximum Gasteiger partial charge on any atom is 0.417 e. The molecule has 1 aromatic carbocycles. The van der Waals surface area contributed by atoms with E-state index in [9.17, 15) is 13.2 Å². The SMILES string of the molecule is CC1CCCN(c2ccc(C#N)c(C(F)(F)F)c2)C1. The fourth-order valence-electron chi connectivity index (χ4n) is 2.48. The number of halogens is 3. The Balaban J connectivity index is 2.35. The second-order valence-corrected chi connectivity index (χ2v) is 5.03. The Hall–Kier alpha value is -1.70. The molecule has 0 aromatic heterocycles. The van der Waals surface area contributed by atoms with Crippen LogP contribution in [0.2, 0.25) is 0 Å². The summed E-state index contributed by atoms with van der Waals surface area (Å²) in [6.45, 7) is 3.64. The Morgan fingerprint density at radius 3 is 2.68 bits per heavy atom. The van der Waals surface area contributed by atoms with Gasteiger partial charge in [0.05, 0.1) is 17.2 Å². The minimum absolute atomic E-state index is 0.318. The van der Waals surface area contributed by atoms with Crippen molar-refractivity contribution in [2.24, 2.45) is 5.92 Å². The topological polar surface area (TPSA) is 27.0 Å². The quantitative estimate of drug-likeness (QED) is 0.774. The number of hydrogen-bond acceptors (Lipinski definition) is 2. The zero-order chi connectivity index (χ0) is 14.0. The van der Waals surface area contributed by atoms with Crippen molar-refractivity contribution < 1.29 is 13.2 Å². The van der Waals surface area contributed by atoms with Crippen molar-refractivity contribution in [2.75, 3.05) is 18.0 Å². The van der Waals surface area contributed by atoms with Crippen LogP contribution in [-0.4, -0.2) is 13.1 Å². The van der Waals surface area contributed by atoms with E-state index in [1.807, 2.05) is 4.90 Å². The van der Waals surface area contributed by atoms with Gasteiger partial charge in [0.1, 0.15) is 0 Å². The molecule has 0 bridgehead atoms. The van der Waals surface area contributed by atoms with Crippen molar-refractivity contribution in [3.63, 3.8) is 0 Å². The van der Waals surface area contributed by atoms with Crippen molar-refractivity contribution in [1.82, 2.24) is 0 Å². The van der Waals surface area contributed by atoms with E-state index >= 15 is 0 Å². The summed E-state index contributed by atoms with van der Waals surface area (Å²) in [6.07, 6.45) is -2.39. The molecule has 0 N–H and O–H groups in total. The highest BCUT2D eigenvalue weighted by atomic mass is 19.4. The van der Waals surface area contributed by atoms with E-state index in [1.165, 1.54) is 6.07 Å². The van der Waals surface area contributed by atoms with Crippen LogP contribution < -0.4 is 4.90 Å². The Kier molecular flexibility index (Phi) is 3.70. The minimum Gasteiger partial charge on any atom is -0.371 e. The lowest BCUT2D eigenvalue weighted by molar-refractivity contribution is -0.137. The van der Waals surface area contributed by atoms with Crippen LogP contribution in [0.15, 0.2) is 18.2 Å². The van der Waals surface area contributed by atoms with E-state index in [1.54, 1.807) is 12.1 Å². The molecule has 5 heteroatoms. The standard InChI is InChI=1S/C14H15F3N2/c1-10-3-2-6-19(9-10)12-5-4-11(8-18)13(7-12)14(15,16)17/h4-5,7,10H,2-3,6,9H2,1H3. The molecule has 1 unspecified atom stereocenters. The number of anilines is 1. The van der Waals surface area contributed by atoms with Gasteiger partial charge in [-0.3, -0.25) is 0 Å². The van der Waals surface area contributed by atoms with Gasteiger partial charge < -0.3 is 4.90 Å². The highest BCUT2D eigenvalue weighted by molar-refractivity contribution is 5.55. The van der Waals surface area contributed by atoms with E-state index in [-0.39, 0.29) is 5.56 Å². The van der Waals surface area contributed by atoms with E-state index < -0.39 is 11.7 Å². The second-order valence-electron chi connectivity index (χ2n) is 5.03. The summed E-state index contributed by atoms with van der Waals surface area (Å²) < 4.78 is 38.7. The molecule has 1 aliphatic heterocycles. The molecule has 1 fully saturated rings. The van der Waals surface area contributed by atoms with Gasteiger partial charge in [0.15, 0.2) is 0 Å². The lowest BCUT2D eigenvalue weighted by atomic mass is 9.99. The zero-order valence-corrected chi connectivity index (χ0v) is 10.7. The predicted molar refractivity (Wildman–Crippen MR) is 66.8 cm³/mol. The molecule has 1 heterocycles. The monoisotopic (exact) mass is 268 g/mol. The first-order chi connectivity index (χ1) is 8.91. The van der Waals surface area contributed by atoms with Gasteiger partial charge >= 0.3 is 6.18 Å². The van der Waals surface area contributed by atoms with Crippen LogP contribution in [0.4, 0.5) is 18.9 Å². The molecular weight excluding hydrogens is 253 g/mol. The Morgan fingerprint density at radius 2 is 2.11 bits per heavy atom. The van der Waals surface area contributed by atoms with Gasteiger partial charge in [-0.2, -0.15) is 18.4 Å². The van der Waals surface area contributed by atoms with Crippen LogP contribution >= 0.6 is 0 Å². The number of nitrogens with zero attached hydrogens (tertiary/aromatic N) is 2. The van der Waals surface area contributed by atoms with Crippen LogP contribution in [0.1, 0.15) is 30.9 Å². The summed E-state index contributed by atoms with van der Waals surface area (Å²) in [5.41, 5.74) is -0.607. The fourth-order valence-corrected chi connectivity index (χ4v) is 2.48. The molecule has 0 spiro atoms. The molecule has 0 aliphatic carbocycles. The summed E-state index contributed by atoms with van der Waals surface area (Å²) in [5.74, 6) is 0.485. The molecule has 102 valence electrons. The largest absolute Gasteiger partial charge is 0.417 e.